The van der Waals surface area contributed by atoms with E-state index in [4.69, 9.17) is 10.1 Å². The first kappa shape index (κ1) is 23.2. The van der Waals surface area contributed by atoms with Crippen LogP contribution >= 0.6 is 0 Å². The molecule has 1 amide bonds. The summed E-state index contributed by atoms with van der Waals surface area (Å²) in [6.45, 7) is 3.77. The van der Waals surface area contributed by atoms with E-state index in [1.165, 1.54) is 6.92 Å². The fourth-order valence-electron chi connectivity index (χ4n) is 4.19. The second kappa shape index (κ2) is 9.58. The van der Waals surface area contributed by atoms with Crippen LogP contribution < -0.4 is 5.32 Å². The van der Waals surface area contributed by atoms with Gasteiger partial charge in [-0.05, 0) is 30.2 Å². The van der Waals surface area contributed by atoms with E-state index < -0.39 is 11.9 Å². The Morgan fingerprint density at radius 2 is 1.75 bits per heavy atom. The van der Waals surface area contributed by atoms with Crippen LogP contribution in [0.4, 0.5) is 0 Å². The summed E-state index contributed by atoms with van der Waals surface area (Å²) in [5.41, 5.74) is 6.34. The van der Waals surface area contributed by atoms with Crippen molar-refractivity contribution < 1.29 is 14.7 Å². The summed E-state index contributed by atoms with van der Waals surface area (Å²) < 4.78 is 1.96. The zero-order valence-corrected chi connectivity index (χ0v) is 20.0. The summed E-state index contributed by atoms with van der Waals surface area (Å²) in [5, 5.41) is 21.3. The fourth-order valence-corrected chi connectivity index (χ4v) is 4.19. The zero-order chi connectivity index (χ0) is 25.2. The first-order chi connectivity index (χ1) is 17.4. The molecule has 36 heavy (non-hydrogen) atoms. The molecule has 0 aliphatic rings. The van der Waals surface area contributed by atoms with Gasteiger partial charge in [-0.3, -0.25) is 14.0 Å². The molecule has 2 N–H and O–H groups in total. The standard InChI is InChI=1S/C28H25N5O3/c1-17(28(35)36)14-25(34)29-16-19-8-10-21(11-9-19)26-22(20-6-4-3-5-7-20)15-23-24(30-26)12-13-33-18(2)31-32-27(23)33/h3-13,15,17H,14,16H2,1-2H3,(H,29,34)(H,35,36). The van der Waals surface area contributed by atoms with E-state index in [0.717, 1.165) is 50.3 Å². The van der Waals surface area contributed by atoms with Gasteiger partial charge in [0.15, 0.2) is 5.65 Å². The van der Waals surface area contributed by atoms with Crippen LogP contribution in [0.2, 0.25) is 0 Å². The van der Waals surface area contributed by atoms with E-state index in [9.17, 15) is 9.59 Å². The highest BCUT2D eigenvalue weighted by atomic mass is 16.4. The molecule has 1 unspecified atom stereocenters. The molecule has 8 heteroatoms. The van der Waals surface area contributed by atoms with Gasteiger partial charge in [-0.15, -0.1) is 10.2 Å². The highest BCUT2D eigenvalue weighted by Crippen LogP contribution is 2.34. The number of carboxylic acid groups (broad SMARTS) is 1. The summed E-state index contributed by atoms with van der Waals surface area (Å²) in [6, 6.07) is 22.1. The maximum absolute atomic E-state index is 12.0. The Morgan fingerprint density at radius 1 is 1.00 bits per heavy atom. The number of carboxylic acids is 1. The second-order valence-corrected chi connectivity index (χ2v) is 8.86. The molecule has 5 aromatic rings. The third-order valence-corrected chi connectivity index (χ3v) is 6.26. The molecule has 0 spiro atoms. The van der Waals surface area contributed by atoms with Crippen molar-refractivity contribution >= 4 is 28.4 Å². The van der Waals surface area contributed by atoms with E-state index in [1.54, 1.807) is 0 Å². The minimum Gasteiger partial charge on any atom is -0.481 e. The van der Waals surface area contributed by atoms with Crippen molar-refractivity contribution in [1.82, 2.24) is 24.9 Å². The number of nitrogens with zero attached hydrogens (tertiary/aromatic N) is 4. The van der Waals surface area contributed by atoms with Crippen molar-refractivity contribution in [2.75, 3.05) is 0 Å². The van der Waals surface area contributed by atoms with Crippen molar-refractivity contribution in [3.05, 3.63) is 84.3 Å². The maximum Gasteiger partial charge on any atom is 0.306 e. The minimum atomic E-state index is -0.980. The van der Waals surface area contributed by atoms with Gasteiger partial charge < -0.3 is 10.4 Å². The first-order valence-electron chi connectivity index (χ1n) is 11.7. The van der Waals surface area contributed by atoms with Gasteiger partial charge in [0.25, 0.3) is 0 Å². The molecule has 3 heterocycles. The van der Waals surface area contributed by atoms with Crippen molar-refractivity contribution in [1.29, 1.82) is 0 Å². The number of hydrogen-bond donors (Lipinski definition) is 2. The molecule has 180 valence electrons. The summed E-state index contributed by atoms with van der Waals surface area (Å²) in [7, 11) is 0. The molecule has 0 bridgehead atoms. The number of aliphatic carboxylic acids is 1. The quantitative estimate of drug-likeness (QED) is 0.352. The molecule has 0 radical (unpaired) electrons. The number of amides is 1. The largest absolute Gasteiger partial charge is 0.481 e. The Kier molecular flexibility index (Phi) is 6.16. The molecule has 5 rings (SSSR count). The van der Waals surface area contributed by atoms with Crippen molar-refractivity contribution in [3.63, 3.8) is 0 Å². The Bertz CT molecular complexity index is 1580. The van der Waals surface area contributed by atoms with Crippen molar-refractivity contribution in [2.24, 2.45) is 5.92 Å². The third-order valence-electron chi connectivity index (χ3n) is 6.26. The van der Waals surface area contributed by atoms with Gasteiger partial charge in [0.2, 0.25) is 5.91 Å². The lowest BCUT2D eigenvalue weighted by molar-refractivity contribution is -0.143. The van der Waals surface area contributed by atoms with Crippen LogP contribution in [-0.2, 0) is 16.1 Å². The van der Waals surface area contributed by atoms with E-state index in [0.29, 0.717) is 6.54 Å². The van der Waals surface area contributed by atoms with E-state index in [1.807, 2.05) is 66.1 Å². The average molecular weight is 480 g/mol. The van der Waals surface area contributed by atoms with E-state index in [2.05, 4.69) is 33.7 Å². The summed E-state index contributed by atoms with van der Waals surface area (Å²) in [5.74, 6) is -1.17. The molecule has 0 saturated heterocycles. The first-order valence-corrected chi connectivity index (χ1v) is 11.7. The third kappa shape index (κ3) is 4.53. The van der Waals surface area contributed by atoms with Crippen LogP contribution in [0, 0.1) is 12.8 Å². The summed E-state index contributed by atoms with van der Waals surface area (Å²) >= 11 is 0. The lowest BCUT2D eigenvalue weighted by Gasteiger charge is -2.13. The lowest BCUT2D eigenvalue weighted by atomic mass is 9.97. The summed E-state index contributed by atoms with van der Waals surface area (Å²) in [6.07, 6.45) is 1.89. The number of hydrogen-bond acceptors (Lipinski definition) is 5. The topological polar surface area (TPSA) is 109 Å². The van der Waals surface area contributed by atoms with Crippen LogP contribution in [0.3, 0.4) is 0 Å². The van der Waals surface area contributed by atoms with Crippen LogP contribution in [0.1, 0.15) is 24.7 Å². The molecule has 8 nitrogen and oxygen atoms in total. The van der Waals surface area contributed by atoms with E-state index >= 15 is 0 Å². The molecule has 0 fully saturated rings. The molecule has 0 saturated carbocycles. The predicted molar refractivity (Wildman–Crippen MR) is 137 cm³/mol. The molecule has 3 aromatic heterocycles. The van der Waals surface area contributed by atoms with Gasteiger partial charge in [-0.1, -0.05) is 61.5 Å². The number of benzene rings is 2. The molecule has 2 aromatic carbocycles. The van der Waals surface area contributed by atoms with Crippen LogP contribution in [0.25, 0.3) is 38.9 Å². The average Bonchev–Trinajstić information content (AvgIpc) is 3.28. The lowest BCUT2D eigenvalue weighted by Crippen LogP contribution is -2.26. The number of aromatic nitrogens is 4. The SMILES string of the molecule is Cc1nnc2c3cc(-c4ccccc4)c(-c4ccc(CNC(=O)CC(C)C(=O)O)cc4)nc3ccn12. The Labute approximate surface area is 207 Å². The van der Waals surface area contributed by atoms with Gasteiger partial charge in [-0.2, -0.15) is 0 Å². The molecule has 0 aliphatic heterocycles. The van der Waals surface area contributed by atoms with Gasteiger partial charge >= 0.3 is 5.97 Å². The highest BCUT2D eigenvalue weighted by molar-refractivity contribution is 5.98. The Hall–Kier alpha value is -4.59. The molecular weight excluding hydrogens is 454 g/mol. The monoisotopic (exact) mass is 479 g/mol. The molecule has 0 aliphatic carbocycles. The van der Waals surface area contributed by atoms with Crippen LogP contribution in [0.5, 0.6) is 0 Å². The minimum absolute atomic E-state index is 0.0479. The fraction of sp³-hybridized carbons (Fsp3) is 0.179. The van der Waals surface area contributed by atoms with Crippen molar-refractivity contribution in [3.8, 4) is 22.4 Å². The molecular formula is C28H25N5O3. The van der Waals surface area contributed by atoms with E-state index in [-0.39, 0.29) is 12.3 Å². The number of pyridine rings is 2. The number of aryl methyl sites for hydroxylation is 1. The smallest absolute Gasteiger partial charge is 0.306 e. The van der Waals surface area contributed by atoms with Gasteiger partial charge in [0, 0.05) is 35.7 Å². The van der Waals surface area contributed by atoms with Crippen molar-refractivity contribution in [2.45, 2.75) is 26.8 Å². The van der Waals surface area contributed by atoms with Gasteiger partial charge in [0.1, 0.15) is 5.82 Å². The van der Waals surface area contributed by atoms with Crippen LogP contribution in [-0.4, -0.2) is 36.6 Å². The Balaban J connectivity index is 1.49. The Morgan fingerprint density at radius 3 is 2.47 bits per heavy atom. The molecule has 1 atom stereocenters. The van der Waals surface area contributed by atoms with Gasteiger partial charge in [-0.25, -0.2) is 4.98 Å². The number of nitrogens with one attached hydrogen (secondary N) is 1. The number of carbonyl (C=O) groups is 2. The predicted octanol–water partition coefficient (Wildman–Crippen LogP) is 4.65. The zero-order valence-electron chi connectivity index (χ0n) is 20.0. The van der Waals surface area contributed by atoms with Gasteiger partial charge in [0.05, 0.1) is 17.1 Å². The van der Waals surface area contributed by atoms with Crippen LogP contribution in [0.15, 0.2) is 72.9 Å². The summed E-state index contributed by atoms with van der Waals surface area (Å²) in [4.78, 5) is 28.0. The number of rotatable bonds is 7. The normalized spacial score (nSPS) is 12.1. The number of carbonyl (C=O) groups excluding carboxylic acids is 1. The highest BCUT2D eigenvalue weighted by Gasteiger charge is 2.16. The second-order valence-electron chi connectivity index (χ2n) is 8.86. The maximum atomic E-state index is 12.0. The number of fused-ring (bicyclic) bond motifs is 3.